The lowest BCUT2D eigenvalue weighted by Gasteiger charge is -2.35. The molecule has 0 saturated carbocycles. The molecular formula is C13H26N2O2S. The Kier molecular flexibility index (Phi) is 4.67. The molecule has 2 atom stereocenters. The van der Waals surface area contributed by atoms with Gasteiger partial charge < -0.3 is 10.2 Å². The molecule has 4 nitrogen and oxygen atoms in total. The molecule has 106 valence electrons. The van der Waals surface area contributed by atoms with E-state index in [4.69, 9.17) is 0 Å². The zero-order valence-electron chi connectivity index (χ0n) is 11.6. The van der Waals surface area contributed by atoms with Crippen LogP contribution in [0, 0.1) is 11.8 Å². The molecular weight excluding hydrogens is 248 g/mol. The van der Waals surface area contributed by atoms with Crippen molar-refractivity contribution in [3.8, 4) is 0 Å². The maximum absolute atomic E-state index is 11.5. The number of sulfone groups is 1. The lowest BCUT2D eigenvalue weighted by molar-refractivity contribution is 0.168. The van der Waals surface area contributed by atoms with Crippen LogP contribution in [0.1, 0.15) is 26.7 Å². The van der Waals surface area contributed by atoms with E-state index < -0.39 is 9.84 Å². The van der Waals surface area contributed by atoms with Crippen LogP contribution in [-0.4, -0.2) is 57.0 Å². The van der Waals surface area contributed by atoms with Crippen LogP contribution in [0.3, 0.4) is 0 Å². The van der Waals surface area contributed by atoms with Gasteiger partial charge in [0.05, 0.1) is 11.5 Å². The highest BCUT2D eigenvalue weighted by atomic mass is 32.2. The van der Waals surface area contributed by atoms with Crippen molar-refractivity contribution in [2.75, 3.05) is 37.7 Å². The lowest BCUT2D eigenvalue weighted by Crippen LogP contribution is -2.52. The Morgan fingerprint density at radius 1 is 1.39 bits per heavy atom. The molecule has 2 aliphatic rings. The van der Waals surface area contributed by atoms with Crippen LogP contribution in [0.2, 0.25) is 0 Å². The van der Waals surface area contributed by atoms with Gasteiger partial charge in [-0.15, -0.1) is 0 Å². The second-order valence-corrected chi connectivity index (χ2v) is 8.54. The fourth-order valence-corrected chi connectivity index (χ4v) is 5.02. The molecule has 0 amide bonds. The fourth-order valence-electron chi connectivity index (χ4n) is 3.17. The molecule has 0 spiro atoms. The summed E-state index contributed by atoms with van der Waals surface area (Å²) in [5.41, 5.74) is 0. The standard InChI is InChI=1S/C13H26N2O2S/c1-11(2)7-13-9-15(5-4-14-13)8-12-3-6-18(16,17)10-12/h11-14H,3-10H2,1-2H3. The van der Waals surface area contributed by atoms with E-state index in [1.807, 2.05) is 0 Å². The van der Waals surface area contributed by atoms with E-state index in [2.05, 4.69) is 24.1 Å². The van der Waals surface area contributed by atoms with E-state index in [-0.39, 0.29) is 0 Å². The van der Waals surface area contributed by atoms with Crippen molar-refractivity contribution in [2.45, 2.75) is 32.7 Å². The maximum atomic E-state index is 11.5. The van der Waals surface area contributed by atoms with Crippen molar-refractivity contribution in [1.29, 1.82) is 0 Å². The Morgan fingerprint density at radius 2 is 2.17 bits per heavy atom. The van der Waals surface area contributed by atoms with Crippen LogP contribution in [-0.2, 0) is 9.84 Å². The summed E-state index contributed by atoms with van der Waals surface area (Å²) < 4.78 is 22.9. The van der Waals surface area contributed by atoms with Gasteiger partial charge in [0, 0.05) is 32.2 Å². The molecule has 0 bridgehead atoms. The predicted molar refractivity (Wildman–Crippen MR) is 74.4 cm³/mol. The van der Waals surface area contributed by atoms with Gasteiger partial charge in [-0.3, -0.25) is 0 Å². The fraction of sp³-hybridized carbons (Fsp3) is 1.00. The number of nitrogens with one attached hydrogen (secondary N) is 1. The molecule has 0 radical (unpaired) electrons. The van der Waals surface area contributed by atoms with Gasteiger partial charge in [0.25, 0.3) is 0 Å². The molecule has 0 aromatic heterocycles. The summed E-state index contributed by atoms with van der Waals surface area (Å²) in [7, 11) is -2.72. The van der Waals surface area contributed by atoms with Crippen molar-refractivity contribution < 1.29 is 8.42 Å². The third kappa shape index (κ3) is 4.21. The average Bonchev–Trinajstić information content (AvgIpc) is 2.57. The van der Waals surface area contributed by atoms with Gasteiger partial charge in [-0.25, -0.2) is 8.42 Å². The van der Waals surface area contributed by atoms with Gasteiger partial charge in [-0.05, 0) is 24.7 Å². The first-order valence-corrected chi connectivity index (χ1v) is 8.93. The molecule has 2 unspecified atom stereocenters. The number of piperazine rings is 1. The minimum Gasteiger partial charge on any atom is -0.311 e. The van der Waals surface area contributed by atoms with E-state index >= 15 is 0 Å². The summed E-state index contributed by atoms with van der Waals surface area (Å²) in [5.74, 6) is 1.90. The molecule has 5 heteroatoms. The quantitative estimate of drug-likeness (QED) is 0.821. The minimum atomic E-state index is -2.72. The summed E-state index contributed by atoms with van der Waals surface area (Å²) in [6.45, 7) is 8.65. The first kappa shape index (κ1) is 14.3. The van der Waals surface area contributed by atoms with Gasteiger partial charge in [-0.2, -0.15) is 0 Å². The normalized spacial score (nSPS) is 33.1. The van der Waals surface area contributed by atoms with Crippen LogP contribution in [0.25, 0.3) is 0 Å². The summed E-state index contributed by atoms with van der Waals surface area (Å²) in [4.78, 5) is 2.45. The Labute approximate surface area is 111 Å². The van der Waals surface area contributed by atoms with Crippen molar-refractivity contribution in [3.05, 3.63) is 0 Å². The van der Waals surface area contributed by atoms with Crippen LogP contribution < -0.4 is 5.32 Å². The molecule has 2 rings (SSSR count). The lowest BCUT2D eigenvalue weighted by atomic mass is 10.0. The molecule has 18 heavy (non-hydrogen) atoms. The van der Waals surface area contributed by atoms with Gasteiger partial charge in [0.1, 0.15) is 0 Å². The molecule has 2 saturated heterocycles. The van der Waals surface area contributed by atoms with E-state index in [9.17, 15) is 8.42 Å². The topological polar surface area (TPSA) is 49.4 Å². The van der Waals surface area contributed by atoms with Gasteiger partial charge in [-0.1, -0.05) is 13.8 Å². The molecule has 2 fully saturated rings. The summed E-state index contributed by atoms with van der Waals surface area (Å²) in [6, 6.07) is 0.580. The predicted octanol–water partition coefficient (Wildman–Crippen LogP) is 0.741. The molecule has 0 aromatic rings. The highest BCUT2D eigenvalue weighted by Gasteiger charge is 2.30. The Morgan fingerprint density at radius 3 is 2.78 bits per heavy atom. The van der Waals surface area contributed by atoms with Gasteiger partial charge in [0.15, 0.2) is 9.84 Å². The van der Waals surface area contributed by atoms with E-state index in [1.165, 1.54) is 6.42 Å². The zero-order valence-corrected chi connectivity index (χ0v) is 12.4. The van der Waals surface area contributed by atoms with Crippen molar-refractivity contribution in [2.24, 2.45) is 11.8 Å². The van der Waals surface area contributed by atoms with Crippen molar-refractivity contribution >= 4 is 9.84 Å². The van der Waals surface area contributed by atoms with Crippen LogP contribution in [0.15, 0.2) is 0 Å². The van der Waals surface area contributed by atoms with Crippen molar-refractivity contribution in [3.63, 3.8) is 0 Å². The van der Waals surface area contributed by atoms with E-state index in [0.29, 0.717) is 29.4 Å². The smallest absolute Gasteiger partial charge is 0.150 e. The first-order chi connectivity index (χ1) is 8.44. The van der Waals surface area contributed by atoms with Crippen LogP contribution in [0.5, 0.6) is 0 Å². The van der Waals surface area contributed by atoms with Crippen molar-refractivity contribution in [1.82, 2.24) is 10.2 Å². The monoisotopic (exact) mass is 274 g/mol. The molecule has 1 N–H and O–H groups in total. The first-order valence-electron chi connectivity index (χ1n) is 7.11. The van der Waals surface area contributed by atoms with Gasteiger partial charge >= 0.3 is 0 Å². The minimum absolute atomic E-state index is 0.368. The van der Waals surface area contributed by atoms with E-state index in [1.54, 1.807) is 0 Å². The van der Waals surface area contributed by atoms with Crippen LogP contribution in [0.4, 0.5) is 0 Å². The largest absolute Gasteiger partial charge is 0.311 e. The molecule has 0 aromatic carbocycles. The Bertz CT molecular complexity index is 367. The molecule has 2 aliphatic heterocycles. The molecule has 2 heterocycles. The Hall–Kier alpha value is -0.130. The van der Waals surface area contributed by atoms with E-state index in [0.717, 1.165) is 32.6 Å². The van der Waals surface area contributed by atoms with Crippen LogP contribution >= 0.6 is 0 Å². The second-order valence-electron chi connectivity index (χ2n) is 6.31. The second kappa shape index (κ2) is 5.88. The summed E-state index contributed by atoms with van der Waals surface area (Å²) in [5, 5.41) is 3.56. The summed E-state index contributed by atoms with van der Waals surface area (Å²) in [6.07, 6.45) is 2.07. The molecule has 0 aliphatic carbocycles. The highest BCUT2D eigenvalue weighted by Crippen LogP contribution is 2.20. The Balaban J connectivity index is 1.79. The van der Waals surface area contributed by atoms with Gasteiger partial charge in [0.2, 0.25) is 0 Å². The number of nitrogens with zero attached hydrogens (tertiary/aromatic N) is 1. The number of rotatable bonds is 4. The maximum Gasteiger partial charge on any atom is 0.150 e. The SMILES string of the molecule is CC(C)CC1CN(CC2CCS(=O)(=O)C2)CCN1. The average molecular weight is 274 g/mol. The highest BCUT2D eigenvalue weighted by molar-refractivity contribution is 7.91. The summed E-state index contributed by atoms with van der Waals surface area (Å²) >= 11 is 0. The number of hydrogen-bond acceptors (Lipinski definition) is 4. The zero-order chi connectivity index (χ0) is 13.2. The third-order valence-corrected chi connectivity index (χ3v) is 5.78. The number of hydrogen-bond donors (Lipinski definition) is 1. The third-order valence-electron chi connectivity index (χ3n) is 3.94.